The van der Waals surface area contributed by atoms with Crippen molar-refractivity contribution in [3.8, 4) is 23.3 Å². The molecule has 2 aliphatic rings. The van der Waals surface area contributed by atoms with Crippen LogP contribution in [0.2, 0.25) is 0 Å². The molecule has 2 aromatic carbocycles. The van der Waals surface area contributed by atoms with Crippen molar-refractivity contribution in [2.24, 2.45) is 0 Å². The van der Waals surface area contributed by atoms with Crippen LogP contribution < -0.4 is 14.2 Å². The zero-order chi connectivity index (χ0) is 18.6. The Labute approximate surface area is 158 Å². The summed E-state index contributed by atoms with van der Waals surface area (Å²) in [6.45, 7) is 2.95. The summed E-state index contributed by atoms with van der Waals surface area (Å²) in [7, 11) is 0. The fourth-order valence-electron chi connectivity index (χ4n) is 3.57. The molecule has 2 heterocycles. The van der Waals surface area contributed by atoms with E-state index in [1.165, 1.54) is 0 Å². The van der Waals surface area contributed by atoms with Crippen LogP contribution in [0.5, 0.6) is 17.2 Å². The maximum Gasteiger partial charge on any atom is 0.203 e. The predicted octanol–water partition coefficient (Wildman–Crippen LogP) is 2.34. The molecule has 27 heavy (non-hydrogen) atoms. The number of aliphatic hydroxyl groups excluding tert-OH is 1. The molecule has 2 aromatic rings. The average Bonchev–Trinajstić information content (AvgIpc) is 2.71. The third kappa shape index (κ3) is 3.85. The fourth-order valence-corrected chi connectivity index (χ4v) is 3.57. The molecule has 0 amide bonds. The van der Waals surface area contributed by atoms with Gasteiger partial charge in [-0.15, -0.1) is 0 Å². The SMILES string of the molecule is N#Cc1ccccc1CN1CC[C@@H](Oc2cccc3c2OCCO3)[C@H](O)C1. The smallest absolute Gasteiger partial charge is 0.203 e. The minimum Gasteiger partial charge on any atom is -0.486 e. The maximum absolute atomic E-state index is 10.6. The number of hydrogen-bond donors (Lipinski definition) is 1. The van der Waals surface area contributed by atoms with Gasteiger partial charge in [-0.1, -0.05) is 24.3 Å². The number of hydrogen-bond acceptors (Lipinski definition) is 6. The summed E-state index contributed by atoms with van der Waals surface area (Å²) in [6.07, 6.45) is -0.224. The van der Waals surface area contributed by atoms with Crippen LogP contribution in [0.25, 0.3) is 0 Å². The molecule has 6 heteroatoms. The second-order valence-electron chi connectivity index (χ2n) is 6.80. The van der Waals surface area contributed by atoms with E-state index in [2.05, 4.69) is 11.0 Å². The lowest BCUT2D eigenvalue weighted by atomic mass is 10.0. The molecule has 0 unspecified atom stereocenters. The molecule has 1 N–H and O–H groups in total. The number of piperidine rings is 1. The minimum absolute atomic E-state index is 0.301. The van der Waals surface area contributed by atoms with Gasteiger partial charge in [0.2, 0.25) is 5.75 Å². The van der Waals surface area contributed by atoms with Crippen molar-refractivity contribution >= 4 is 0 Å². The summed E-state index contributed by atoms with van der Waals surface area (Å²) in [4.78, 5) is 2.15. The molecule has 0 spiro atoms. The highest BCUT2D eigenvalue weighted by molar-refractivity contribution is 5.52. The van der Waals surface area contributed by atoms with Gasteiger partial charge in [-0.2, -0.15) is 5.26 Å². The van der Waals surface area contributed by atoms with E-state index in [0.29, 0.717) is 55.5 Å². The maximum atomic E-state index is 10.6. The lowest BCUT2D eigenvalue weighted by Crippen LogP contribution is -2.48. The quantitative estimate of drug-likeness (QED) is 0.895. The summed E-state index contributed by atoms with van der Waals surface area (Å²) in [5, 5.41) is 19.8. The van der Waals surface area contributed by atoms with Crippen molar-refractivity contribution in [3.63, 3.8) is 0 Å². The Morgan fingerprint density at radius 2 is 2.00 bits per heavy atom. The molecule has 0 saturated carbocycles. The van der Waals surface area contributed by atoms with Gasteiger partial charge in [-0.25, -0.2) is 0 Å². The largest absolute Gasteiger partial charge is 0.486 e. The Morgan fingerprint density at radius 3 is 2.85 bits per heavy atom. The number of fused-ring (bicyclic) bond motifs is 1. The number of nitrogens with zero attached hydrogens (tertiary/aromatic N) is 2. The zero-order valence-corrected chi connectivity index (χ0v) is 15.0. The number of ether oxygens (including phenoxy) is 3. The highest BCUT2D eigenvalue weighted by Crippen LogP contribution is 2.40. The van der Waals surface area contributed by atoms with Gasteiger partial charge < -0.3 is 19.3 Å². The van der Waals surface area contributed by atoms with E-state index in [1.807, 2.05) is 42.5 Å². The zero-order valence-electron chi connectivity index (χ0n) is 15.0. The van der Waals surface area contributed by atoms with Gasteiger partial charge >= 0.3 is 0 Å². The standard InChI is InChI=1S/C21H22N2O4/c22-12-15-4-1-2-5-16(15)13-23-9-8-18(17(24)14-23)27-20-7-3-6-19-21(20)26-11-10-25-19/h1-7,17-18,24H,8-11,13-14H2/t17-,18-/m1/s1. The summed E-state index contributed by atoms with van der Waals surface area (Å²) >= 11 is 0. The summed E-state index contributed by atoms with van der Waals surface area (Å²) in [6, 6.07) is 15.4. The molecular weight excluding hydrogens is 344 g/mol. The first-order valence-electron chi connectivity index (χ1n) is 9.18. The topological polar surface area (TPSA) is 75.0 Å². The molecule has 0 bridgehead atoms. The predicted molar refractivity (Wildman–Crippen MR) is 98.9 cm³/mol. The highest BCUT2D eigenvalue weighted by atomic mass is 16.6. The lowest BCUT2D eigenvalue weighted by Gasteiger charge is -2.36. The van der Waals surface area contributed by atoms with E-state index in [0.717, 1.165) is 12.1 Å². The summed E-state index contributed by atoms with van der Waals surface area (Å²) in [5.74, 6) is 1.90. The Kier molecular flexibility index (Phi) is 5.14. The van der Waals surface area contributed by atoms with E-state index in [1.54, 1.807) is 0 Å². The first-order chi connectivity index (χ1) is 13.2. The Bertz CT molecular complexity index is 848. The normalized spacial score (nSPS) is 22.1. The van der Waals surface area contributed by atoms with Crippen LogP contribution in [0.15, 0.2) is 42.5 Å². The molecule has 0 aromatic heterocycles. The van der Waals surface area contributed by atoms with Gasteiger partial charge in [-0.3, -0.25) is 4.90 Å². The minimum atomic E-state index is -0.617. The molecule has 2 atom stereocenters. The Morgan fingerprint density at radius 1 is 1.15 bits per heavy atom. The molecule has 1 saturated heterocycles. The van der Waals surface area contributed by atoms with Crippen LogP contribution in [0.3, 0.4) is 0 Å². The van der Waals surface area contributed by atoms with Gasteiger partial charge in [0.05, 0.1) is 11.6 Å². The van der Waals surface area contributed by atoms with Crippen LogP contribution >= 0.6 is 0 Å². The molecule has 0 radical (unpaired) electrons. The van der Waals surface area contributed by atoms with Crippen molar-refractivity contribution in [2.45, 2.75) is 25.2 Å². The lowest BCUT2D eigenvalue weighted by molar-refractivity contribution is -0.0290. The van der Waals surface area contributed by atoms with E-state index >= 15 is 0 Å². The van der Waals surface area contributed by atoms with Gasteiger partial charge in [-0.05, 0) is 30.2 Å². The van der Waals surface area contributed by atoms with Crippen molar-refractivity contribution in [1.82, 2.24) is 4.90 Å². The van der Waals surface area contributed by atoms with Crippen molar-refractivity contribution in [2.75, 3.05) is 26.3 Å². The van der Waals surface area contributed by atoms with Crippen LogP contribution in [-0.2, 0) is 6.54 Å². The van der Waals surface area contributed by atoms with E-state index < -0.39 is 6.10 Å². The monoisotopic (exact) mass is 366 g/mol. The third-order valence-corrected chi connectivity index (χ3v) is 4.94. The highest BCUT2D eigenvalue weighted by Gasteiger charge is 2.31. The van der Waals surface area contributed by atoms with Crippen LogP contribution in [0, 0.1) is 11.3 Å². The number of benzene rings is 2. The number of likely N-dealkylation sites (tertiary alicyclic amines) is 1. The molecule has 1 fully saturated rings. The Balaban J connectivity index is 1.40. The second-order valence-corrected chi connectivity index (χ2v) is 6.80. The average molecular weight is 366 g/mol. The first kappa shape index (κ1) is 17.7. The number of para-hydroxylation sites is 1. The van der Waals surface area contributed by atoms with Crippen molar-refractivity contribution in [1.29, 1.82) is 5.26 Å². The van der Waals surface area contributed by atoms with Crippen LogP contribution in [0.1, 0.15) is 17.5 Å². The fraction of sp³-hybridized carbons (Fsp3) is 0.381. The molecule has 140 valence electrons. The van der Waals surface area contributed by atoms with E-state index in [4.69, 9.17) is 14.2 Å². The van der Waals surface area contributed by atoms with Gasteiger partial charge in [0.15, 0.2) is 11.5 Å². The van der Waals surface area contributed by atoms with Gasteiger partial charge in [0.25, 0.3) is 0 Å². The van der Waals surface area contributed by atoms with Crippen LogP contribution in [-0.4, -0.2) is 48.5 Å². The number of aliphatic hydroxyl groups is 1. The van der Waals surface area contributed by atoms with E-state index in [-0.39, 0.29) is 6.10 Å². The number of β-amino-alcohol motifs (C(OH)–C–C–N with tert-alkyl or cyclic N) is 1. The summed E-state index contributed by atoms with van der Waals surface area (Å²) in [5.41, 5.74) is 1.66. The molecule has 0 aliphatic carbocycles. The Hall–Kier alpha value is -2.75. The third-order valence-electron chi connectivity index (χ3n) is 4.94. The van der Waals surface area contributed by atoms with Crippen LogP contribution in [0.4, 0.5) is 0 Å². The summed E-state index contributed by atoms with van der Waals surface area (Å²) < 4.78 is 17.3. The van der Waals surface area contributed by atoms with Crippen molar-refractivity contribution < 1.29 is 19.3 Å². The van der Waals surface area contributed by atoms with Gasteiger partial charge in [0.1, 0.15) is 25.4 Å². The molecule has 4 rings (SSSR count). The van der Waals surface area contributed by atoms with Crippen molar-refractivity contribution in [3.05, 3.63) is 53.6 Å². The molecule has 6 nitrogen and oxygen atoms in total. The van der Waals surface area contributed by atoms with E-state index in [9.17, 15) is 10.4 Å². The van der Waals surface area contributed by atoms with Gasteiger partial charge in [0, 0.05) is 19.6 Å². The molecular formula is C21H22N2O4. The second kappa shape index (κ2) is 7.87. The first-order valence-corrected chi connectivity index (χ1v) is 9.18. The number of nitriles is 1. The molecule has 2 aliphatic heterocycles. The number of rotatable bonds is 4.